The number of carbonyl (C=O) groups is 1. The van der Waals surface area contributed by atoms with Gasteiger partial charge in [-0.2, -0.15) is 0 Å². The Morgan fingerprint density at radius 3 is 3.00 bits per heavy atom. The molecule has 0 saturated carbocycles. The molecule has 2 N–H and O–H groups in total. The molecule has 0 spiro atoms. The van der Waals surface area contributed by atoms with Crippen LogP contribution in [0.5, 0.6) is 0 Å². The van der Waals surface area contributed by atoms with E-state index in [1.165, 1.54) is 5.56 Å². The Balaban J connectivity index is 2.04. The molecule has 0 bridgehead atoms. The van der Waals surface area contributed by atoms with Gasteiger partial charge in [0, 0.05) is 32.2 Å². The number of likely N-dealkylation sites (N-methyl/N-ethyl adjacent to an activating group) is 1. The summed E-state index contributed by atoms with van der Waals surface area (Å²) in [6.07, 6.45) is 1.02. The van der Waals surface area contributed by atoms with Crippen molar-refractivity contribution in [2.45, 2.75) is 13.0 Å². The molecule has 1 amide bonds. The summed E-state index contributed by atoms with van der Waals surface area (Å²) in [7, 11) is 1.87. The quantitative estimate of drug-likeness (QED) is 0.804. The van der Waals surface area contributed by atoms with E-state index in [-0.39, 0.29) is 5.91 Å². The van der Waals surface area contributed by atoms with Crippen LogP contribution in [0.25, 0.3) is 0 Å². The summed E-state index contributed by atoms with van der Waals surface area (Å²) in [4.78, 5) is 15.9. The first kappa shape index (κ1) is 14.6. The molecule has 106 valence electrons. The third kappa shape index (κ3) is 4.09. The van der Waals surface area contributed by atoms with E-state index in [9.17, 15) is 4.79 Å². The van der Waals surface area contributed by atoms with Gasteiger partial charge in [0.1, 0.15) is 0 Å². The maximum absolute atomic E-state index is 11.9. The molecule has 0 unspecified atom stereocenters. The first-order valence-electron chi connectivity index (χ1n) is 6.93. The van der Waals surface area contributed by atoms with Crippen LogP contribution in [0.4, 0.5) is 0 Å². The van der Waals surface area contributed by atoms with Gasteiger partial charge in [-0.25, -0.2) is 0 Å². The highest BCUT2D eigenvalue weighted by Gasteiger charge is 2.18. The molecule has 1 heterocycles. The van der Waals surface area contributed by atoms with Crippen LogP contribution in [0.3, 0.4) is 0 Å². The first-order chi connectivity index (χ1) is 9.69. The van der Waals surface area contributed by atoms with Crippen molar-refractivity contribution in [3.05, 3.63) is 35.4 Å². The zero-order valence-corrected chi connectivity index (χ0v) is 11.9. The molecule has 1 fully saturated rings. The smallest absolute Gasteiger partial charge is 0.236 e. The van der Waals surface area contributed by atoms with Crippen molar-refractivity contribution in [2.24, 2.45) is 5.73 Å². The number of benzene rings is 1. The molecule has 2 rings (SSSR count). The first-order valence-corrected chi connectivity index (χ1v) is 6.93. The standard InChI is InChI=1S/C16H21N3O/c1-18-9-4-10-19(13-16(18)20)12-15-6-2-5-14(11-15)7-3-8-17/h2,5-6,11H,4,8-10,12-13,17H2,1H3. The maximum atomic E-state index is 11.9. The molecule has 4 nitrogen and oxygen atoms in total. The molecule has 1 aromatic rings. The van der Waals surface area contributed by atoms with Crippen LogP contribution in [-0.2, 0) is 11.3 Å². The third-order valence-electron chi connectivity index (χ3n) is 3.42. The zero-order valence-electron chi connectivity index (χ0n) is 11.9. The van der Waals surface area contributed by atoms with E-state index in [4.69, 9.17) is 5.73 Å². The summed E-state index contributed by atoms with van der Waals surface area (Å²) in [5.41, 5.74) is 7.55. The Morgan fingerprint density at radius 2 is 2.20 bits per heavy atom. The molecule has 1 aliphatic heterocycles. The van der Waals surface area contributed by atoms with Crippen LogP contribution in [0.15, 0.2) is 24.3 Å². The normalized spacial score (nSPS) is 16.5. The van der Waals surface area contributed by atoms with Crippen LogP contribution in [0, 0.1) is 11.8 Å². The summed E-state index contributed by atoms with van der Waals surface area (Å²) < 4.78 is 0. The van der Waals surface area contributed by atoms with Gasteiger partial charge in [-0.1, -0.05) is 24.0 Å². The summed E-state index contributed by atoms with van der Waals surface area (Å²) in [5, 5.41) is 0. The predicted octanol–water partition coefficient (Wildman–Crippen LogP) is 0.661. The molecule has 1 aromatic carbocycles. The second-order valence-electron chi connectivity index (χ2n) is 5.09. The van der Waals surface area contributed by atoms with E-state index in [2.05, 4.69) is 28.9 Å². The monoisotopic (exact) mass is 271 g/mol. The average Bonchev–Trinajstić information content (AvgIpc) is 2.59. The SMILES string of the molecule is CN1CCCN(Cc2cccc(C#CCN)c2)CC1=O. The molecule has 1 saturated heterocycles. The van der Waals surface area contributed by atoms with Crippen molar-refractivity contribution in [3.8, 4) is 11.8 Å². The van der Waals surface area contributed by atoms with Gasteiger partial charge in [-0.3, -0.25) is 9.69 Å². The predicted molar refractivity (Wildman–Crippen MR) is 79.9 cm³/mol. The number of nitrogens with two attached hydrogens (primary N) is 1. The summed E-state index contributed by atoms with van der Waals surface area (Å²) in [5.74, 6) is 6.10. The molecule has 0 aliphatic carbocycles. The van der Waals surface area contributed by atoms with Crippen LogP contribution >= 0.6 is 0 Å². The second-order valence-corrected chi connectivity index (χ2v) is 5.09. The number of nitrogens with zero attached hydrogens (tertiary/aromatic N) is 2. The minimum atomic E-state index is 0.196. The lowest BCUT2D eigenvalue weighted by Gasteiger charge is -2.19. The summed E-state index contributed by atoms with van der Waals surface area (Å²) in [6.45, 7) is 3.45. The van der Waals surface area contributed by atoms with Gasteiger partial charge in [0.05, 0.1) is 13.1 Å². The molecule has 0 aromatic heterocycles. The summed E-state index contributed by atoms with van der Waals surface area (Å²) >= 11 is 0. The topological polar surface area (TPSA) is 49.6 Å². The Kier molecular flexibility index (Phi) is 5.16. The highest BCUT2D eigenvalue weighted by Crippen LogP contribution is 2.10. The van der Waals surface area contributed by atoms with E-state index in [0.29, 0.717) is 13.1 Å². The van der Waals surface area contributed by atoms with Crippen LogP contribution < -0.4 is 5.73 Å². The van der Waals surface area contributed by atoms with Crippen molar-refractivity contribution >= 4 is 5.91 Å². The highest BCUT2D eigenvalue weighted by atomic mass is 16.2. The fourth-order valence-corrected chi connectivity index (χ4v) is 2.34. The molecule has 0 atom stereocenters. The van der Waals surface area contributed by atoms with Gasteiger partial charge in [0.25, 0.3) is 0 Å². The van der Waals surface area contributed by atoms with Crippen molar-refractivity contribution < 1.29 is 4.79 Å². The van der Waals surface area contributed by atoms with Gasteiger partial charge in [-0.05, 0) is 24.1 Å². The Morgan fingerprint density at radius 1 is 1.35 bits per heavy atom. The molecule has 1 aliphatic rings. The van der Waals surface area contributed by atoms with Crippen molar-refractivity contribution in [1.29, 1.82) is 0 Å². The molecule has 0 radical (unpaired) electrons. The molecular formula is C16H21N3O. The van der Waals surface area contributed by atoms with Gasteiger partial charge in [0.15, 0.2) is 0 Å². The van der Waals surface area contributed by atoms with Crippen molar-refractivity contribution in [1.82, 2.24) is 9.80 Å². The van der Waals surface area contributed by atoms with Gasteiger partial charge < -0.3 is 10.6 Å². The van der Waals surface area contributed by atoms with E-state index in [0.717, 1.165) is 31.6 Å². The number of hydrogen-bond donors (Lipinski definition) is 1. The average molecular weight is 271 g/mol. The fraction of sp³-hybridized carbons (Fsp3) is 0.438. The number of amides is 1. The fourth-order valence-electron chi connectivity index (χ4n) is 2.34. The lowest BCUT2D eigenvalue weighted by atomic mass is 10.1. The number of rotatable bonds is 2. The lowest BCUT2D eigenvalue weighted by molar-refractivity contribution is -0.129. The Bertz CT molecular complexity index is 530. The minimum absolute atomic E-state index is 0.196. The Labute approximate surface area is 120 Å². The maximum Gasteiger partial charge on any atom is 0.236 e. The summed E-state index contributed by atoms with van der Waals surface area (Å²) in [6, 6.07) is 8.13. The third-order valence-corrected chi connectivity index (χ3v) is 3.42. The van der Waals surface area contributed by atoms with E-state index in [1.807, 2.05) is 24.1 Å². The Hall–Kier alpha value is -1.83. The number of carbonyl (C=O) groups excluding carboxylic acids is 1. The van der Waals surface area contributed by atoms with Crippen LogP contribution in [0.1, 0.15) is 17.5 Å². The van der Waals surface area contributed by atoms with E-state index < -0.39 is 0 Å². The van der Waals surface area contributed by atoms with Crippen LogP contribution in [0.2, 0.25) is 0 Å². The van der Waals surface area contributed by atoms with Crippen molar-refractivity contribution in [2.75, 3.05) is 33.2 Å². The van der Waals surface area contributed by atoms with Crippen LogP contribution in [-0.4, -0.2) is 48.9 Å². The largest absolute Gasteiger partial charge is 0.345 e. The number of hydrogen-bond acceptors (Lipinski definition) is 3. The van der Waals surface area contributed by atoms with Crippen molar-refractivity contribution in [3.63, 3.8) is 0 Å². The highest BCUT2D eigenvalue weighted by molar-refractivity contribution is 5.78. The molecular weight excluding hydrogens is 250 g/mol. The van der Waals surface area contributed by atoms with Gasteiger partial charge in [-0.15, -0.1) is 0 Å². The van der Waals surface area contributed by atoms with Gasteiger partial charge >= 0.3 is 0 Å². The lowest BCUT2D eigenvalue weighted by Crippen LogP contribution is -2.34. The molecule has 4 heteroatoms. The van der Waals surface area contributed by atoms with Gasteiger partial charge in [0.2, 0.25) is 5.91 Å². The zero-order chi connectivity index (χ0) is 14.4. The minimum Gasteiger partial charge on any atom is -0.345 e. The van der Waals surface area contributed by atoms with E-state index in [1.54, 1.807) is 0 Å². The molecule has 20 heavy (non-hydrogen) atoms. The second kappa shape index (κ2) is 7.09. The van der Waals surface area contributed by atoms with E-state index >= 15 is 0 Å².